The van der Waals surface area contributed by atoms with Gasteiger partial charge >= 0.3 is 0 Å². The zero-order valence-electron chi connectivity index (χ0n) is 11.4. The van der Waals surface area contributed by atoms with Gasteiger partial charge in [-0.25, -0.2) is 0 Å². The lowest BCUT2D eigenvalue weighted by Gasteiger charge is -2.22. The van der Waals surface area contributed by atoms with Crippen molar-refractivity contribution in [3.8, 4) is 5.75 Å². The van der Waals surface area contributed by atoms with Crippen molar-refractivity contribution in [3.05, 3.63) is 29.3 Å². The molecule has 3 nitrogen and oxygen atoms in total. The standard InChI is InChI=1S/C14H20ClNO2/c1-5-16(6-2)14(17)13(15)11-7-8-12(18-4)10(3)9-11/h7-9,13H,5-6H2,1-4H3. The van der Waals surface area contributed by atoms with Crippen molar-refractivity contribution < 1.29 is 9.53 Å². The van der Waals surface area contributed by atoms with Gasteiger partial charge in [-0.2, -0.15) is 0 Å². The number of carbonyl (C=O) groups excluding carboxylic acids is 1. The number of nitrogens with zero attached hydrogens (tertiary/aromatic N) is 1. The third kappa shape index (κ3) is 3.16. The molecule has 0 fully saturated rings. The van der Waals surface area contributed by atoms with E-state index in [0.717, 1.165) is 16.9 Å². The highest BCUT2D eigenvalue weighted by atomic mass is 35.5. The van der Waals surface area contributed by atoms with Crippen molar-refractivity contribution in [2.75, 3.05) is 20.2 Å². The minimum Gasteiger partial charge on any atom is -0.496 e. The second-order valence-electron chi connectivity index (χ2n) is 4.10. The van der Waals surface area contributed by atoms with Gasteiger partial charge in [0.2, 0.25) is 5.91 Å². The smallest absolute Gasteiger partial charge is 0.245 e. The maximum atomic E-state index is 12.1. The molecule has 0 saturated carbocycles. The Hall–Kier alpha value is -1.22. The summed E-state index contributed by atoms with van der Waals surface area (Å²) in [6, 6.07) is 5.58. The molecule has 0 aromatic heterocycles. The average molecular weight is 270 g/mol. The maximum absolute atomic E-state index is 12.1. The second kappa shape index (κ2) is 6.64. The van der Waals surface area contributed by atoms with Gasteiger partial charge in [0.15, 0.2) is 0 Å². The molecule has 0 N–H and O–H groups in total. The number of aryl methyl sites for hydroxylation is 1. The highest BCUT2D eigenvalue weighted by Crippen LogP contribution is 2.27. The van der Waals surface area contributed by atoms with E-state index in [4.69, 9.17) is 16.3 Å². The fourth-order valence-corrected chi connectivity index (χ4v) is 2.17. The average Bonchev–Trinajstić information content (AvgIpc) is 2.39. The van der Waals surface area contributed by atoms with Crippen LogP contribution in [-0.4, -0.2) is 31.0 Å². The van der Waals surface area contributed by atoms with E-state index >= 15 is 0 Å². The van der Waals surface area contributed by atoms with Gasteiger partial charge in [-0.05, 0) is 38.0 Å². The van der Waals surface area contributed by atoms with Crippen LogP contribution < -0.4 is 4.74 Å². The molecule has 0 bridgehead atoms. The van der Waals surface area contributed by atoms with Crippen LogP contribution in [0.4, 0.5) is 0 Å². The van der Waals surface area contributed by atoms with E-state index in [9.17, 15) is 4.79 Å². The summed E-state index contributed by atoms with van der Waals surface area (Å²) in [6.45, 7) is 7.18. The van der Waals surface area contributed by atoms with Crippen LogP contribution in [0.25, 0.3) is 0 Å². The molecule has 0 aliphatic heterocycles. The summed E-state index contributed by atoms with van der Waals surface area (Å²) in [5, 5.41) is -0.630. The molecule has 0 heterocycles. The Balaban J connectivity index is 2.93. The highest BCUT2D eigenvalue weighted by molar-refractivity contribution is 6.30. The number of rotatable bonds is 5. The number of methoxy groups -OCH3 is 1. The zero-order valence-corrected chi connectivity index (χ0v) is 12.1. The summed E-state index contributed by atoms with van der Waals surface area (Å²) in [5.74, 6) is 0.754. The number of likely N-dealkylation sites (N-methyl/N-ethyl adjacent to an activating group) is 1. The second-order valence-corrected chi connectivity index (χ2v) is 4.54. The van der Waals surface area contributed by atoms with E-state index in [1.807, 2.05) is 39.0 Å². The Bertz CT molecular complexity index is 416. The van der Waals surface area contributed by atoms with Gasteiger partial charge in [0, 0.05) is 13.1 Å². The van der Waals surface area contributed by atoms with E-state index in [0.29, 0.717) is 13.1 Å². The van der Waals surface area contributed by atoms with Gasteiger partial charge in [-0.1, -0.05) is 12.1 Å². The SMILES string of the molecule is CCN(CC)C(=O)C(Cl)c1ccc(OC)c(C)c1. The van der Waals surface area contributed by atoms with Crippen molar-refractivity contribution in [2.24, 2.45) is 0 Å². The molecule has 100 valence electrons. The van der Waals surface area contributed by atoms with Gasteiger partial charge in [0.25, 0.3) is 0 Å². The van der Waals surface area contributed by atoms with Crippen LogP contribution in [0.3, 0.4) is 0 Å². The predicted molar refractivity (Wildman–Crippen MR) is 74.3 cm³/mol. The number of amides is 1. The number of hydrogen-bond acceptors (Lipinski definition) is 2. The first-order valence-corrected chi connectivity index (χ1v) is 6.56. The Morgan fingerprint density at radius 2 is 2.00 bits per heavy atom. The van der Waals surface area contributed by atoms with Gasteiger partial charge in [0.1, 0.15) is 11.1 Å². The fourth-order valence-electron chi connectivity index (χ4n) is 1.90. The van der Waals surface area contributed by atoms with Gasteiger partial charge in [-0.3, -0.25) is 4.79 Å². The Morgan fingerprint density at radius 1 is 1.39 bits per heavy atom. The molecule has 1 aromatic carbocycles. The molecule has 1 rings (SSSR count). The Morgan fingerprint density at radius 3 is 2.44 bits per heavy atom. The van der Waals surface area contributed by atoms with Crippen LogP contribution >= 0.6 is 11.6 Å². The first-order valence-electron chi connectivity index (χ1n) is 6.12. The van der Waals surface area contributed by atoms with E-state index < -0.39 is 5.38 Å². The summed E-state index contributed by atoms with van der Waals surface area (Å²) < 4.78 is 5.19. The van der Waals surface area contributed by atoms with Crippen LogP contribution in [-0.2, 0) is 4.79 Å². The van der Waals surface area contributed by atoms with Gasteiger partial charge < -0.3 is 9.64 Å². The van der Waals surface area contributed by atoms with Crippen molar-refractivity contribution >= 4 is 17.5 Å². The third-order valence-corrected chi connectivity index (χ3v) is 3.44. The molecule has 4 heteroatoms. The zero-order chi connectivity index (χ0) is 13.7. The minimum atomic E-state index is -0.630. The summed E-state index contributed by atoms with van der Waals surface area (Å²) >= 11 is 6.24. The summed E-state index contributed by atoms with van der Waals surface area (Å²) in [5.41, 5.74) is 1.79. The summed E-state index contributed by atoms with van der Waals surface area (Å²) in [4.78, 5) is 13.9. The first-order chi connectivity index (χ1) is 8.54. The molecule has 1 unspecified atom stereocenters. The summed E-state index contributed by atoms with van der Waals surface area (Å²) in [7, 11) is 1.63. The van der Waals surface area contributed by atoms with E-state index in [1.54, 1.807) is 12.0 Å². The van der Waals surface area contributed by atoms with Crippen molar-refractivity contribution in [3.63, 3.8) is 0 Å². The van der Waals surface area contributed by atoms with E-state index in [1.165, 1.54) is 0 Å². The maximum Gasteiger partial charge on any atom is 0.245 e. The molecule has 0 spiro atoms. The molecule has 1 atom stereocenters. The molecule has 1 amide bonds. The monoisotopic (exact) mass is 269 g/mol. The van der Waals surface area contributed by atoms with Crippen LogP contribution in [0.15, 0.2) is 18.2 Å². The van der Waals surface area contributed by atoms with Gasteiger partial charge in [0.05, 0.1) is 7.11 Å². The molecule has 1 aromatic rings. The largest absolute Gasteiger partial charge is 0.496 e. The lowest BCUT2D eigenvalue weighted by atomic mass is 10.1. The predicted octanol–water partition coefficient (Wildman–Crippen LogP) is 3.15. The molecular formula is C14H20ClNO2. The molecule has 0 aliphatic rings. The molecule has 18 heavy (non-hydrogen) atoms. The van der Waals surface area contributed by atoms with Crippen LogP contribution in [0.1, 0.15) is 30.4 Å². The van der Waals surface area contributed by atoms with Crippen LogP contribution in [0, 0.1) is 6.92 Å². The quantitative estimate of drug-likeness (QED) is 0.769. The van der Waals surface area contributed by atoms with E-state index in [-0.39, 0.29) is 5.91 Å². The Labute approximate surface area is 114 Å². The molecule has 0 radical (unpaired) electrons. The van der Waals surface area contributed by atoms with Crippen LogP contribution in [0.2, 0.25) is 0 Å². The fraction of sp³-hybridized carbons (Fsp3) is 0.500. The van der Waals surface area contributed by atoms with Crippen molar-refractivity contribution in [1.82, 2.24) is 4.90 Å². The lowest BCUT2D eigenvalue weighted by Crippen LogP contribution is -2.33. The molecule has 0 saturated heterocycles. The lowest BCUT2D eigenvalue weighted by molar-refractivity contribution is -0.130. The van der Waals surface area contributed by atoms with Crippen molar-refractivity contribution in [1.29, 1.82) is 0 Å². The Kier molecular flexibility index (Phi) is 5.48. The normalized spacial score (nSPS) is 12.1. The first kappa shape index (κ1) is 14.8. The van der Waals surface area contributed by atoms with Gasteiger partial charge in [-0.15, -0.1) is 11.6 Å². The number of hydrogen-bond donors (Lipinski definition) is 0. The molecular weight excluding hydrogens is 250 g/mol. The molecule has 0 aliphatic carbocycles. The number of alkyl halides is 1. The topological polar surface area (TPSA) is 29.5 Å². The number of halogens is 1. The van der Waals surface area contributed by atoms with Crippen LogP contribution in [0.5, 0.6) is 5.75 Å². The highest BCUT2D eigenvalue weighted by Gasteiger charge is 2.22. The minimum absolute atomic E-state index is 0.0498. The summed E-state index contributed by atoms with van der Waals surface area (Å²) in [6.07, 6.45) is 0. The number of carbonyl (C=O) groups is 1. The third-order valence-electron chi connectivity index (χ3n) is 3.00. The van der Waals surface area contributed by atoms with E-state index in [2.05, 4.69) is 0 Å². The number of ether oxygens (including phenoxy) is 1. The van der Waals surface area contributed by atoms with Crippen molar-refractivity contribution in [2.45, 2.75) is 26.1 Å². The number of benzene rings is 1.